The summed E-state index contributed by atoms with van der Waals surface area (Å²) in [7, 11) is 0. The molecule has 1 amide bonds. The van der Waals surface area contributed by atoms with Crippen molar-refractivity contribution in [2.24, 2.45) is 5.92 Å². The van der Waals surface area contributed by atoms with Crippen molar-refractivity contribution in [3.8, 4) is 5.88 Å². The molecule has 1 saturated heterocycles. The molecular formula is C21H26N4O4S. The van der Waals surface area contributed by atoms with E-state index in [0.717, 1.165) is 30.3 Å². The van der Waals surface area contributed by atoms with Crippen LogP contribution in [0.2, 0.25) is 0 Å². The van der Waals surface area contributed by atoms with Gasteiger partial charge in [-0.05, 0) is 30.7 Å². The lowest BCUT2D eigenvalue weighted by Crippen LogP contribution is -2.49. The summed E-state index contributed by atoms with van der Waals surface area (Å²) in [5, 5.41) is 10.4. The Balaban J connectivity index is 1.43. The number of likely N-dealkylation sites (tertiary alicyclic amines) is 1. The molecule has 0 radical (unpaired) electrons. The van der Waals surface area contributed by atoms with Crippen LogP contribution in [0.25, 0.3) is 0 Å². The Morgan fingerprint density at radius 3 is 2.87 bits per heavy atom. The third-order valence-corrected chi connectivity index (χ3v) is 7.04. The van der Waals surface area contributed by atoms with Gasteiger partial charge in [0.15, 0.2) is 5.16 Å². The topological polar surface area (TPSA) is 108 Å². The van der Waals surface area contributed by atoms with Gasteiger partial charge in [0, 0.05) is 37.3 Å². The van der Waals surface area contributed by atoms with Gasteiger partial charge < -0.3 is 19.6 Å². The van der Waals surface area contributed by atoms with Crippen LogP contribution in [-0.4, -0.2) is 49.3 Å². The molecule has 160 valence electrons. The highest BCUT2D eigenvalue weighted by Crippen LogP contribution is 2.35. The van der Waals surface area contributed by atoms with Crippen molar-refractivity contribution in [3.63, 3.8) is 0 Å². The third-order valence-electron chi connectivity index (χ3n) is 6.18. The van der Waals surface area contributed by atoms with Crippen molar-refractivity contribution in [1.82, 2.24) is 19.4 Å². The molecule has 2 bridgehead atoms. The van der Waals surface area contributed by atoms with E-state index in [9.17, 15) is 19.5 Å². The first-order valence-electron chi connectivity index (χ1n) is 10.3. The van der Waals surface area contributed by atoms with Crippen molar-refractivity contribution in [3.05, 3.63) is 50.2 Å². The fraction of sp³-hybridized carbons (Fsp3) is 0.524. The highest BCUT2D eigenvalue weighted by atomic mass is 32.2. The van der Waals surface area contributed by atoms with Crippen LogP contribution in [0, 0.1) is 5.92 Å². The standard InChI is InChI=1S/C21H26N4O4S/c1-3-12(2)18-19(28)22-21(23-20(18)29)30-11-17(27)24-8-13-7-14(10-24)15-5-4-6-16(26)25(15)9-13/h4-6,12-14H,3,7-11H2,1-2H3,(H2,22,23,28,29)/t12-,13-,14+/m1/s1. The molecule has 3 atom stereocenters. The molecule has 2 N–H and O–H groups in total. The van der Waals surface area contributed by atoms with Crippen molar-refractivity contribution in [1.29, 1.82) is 0 Å². The molecule has 30 heavy (non-hydrogen) atoms. The van der Waals surface area contributed by atoms with Crippen molar-refractivity contribution >= 4 is 17.7 Å². The van der Waals surface area contributed by atoms with E-state index in [1.165, 1.54) is 0 Å². The first kappa shape index (κ1) is 20.7. The van der Waals surface area contributed by atoms with E-state index < -0.39 is 0 Å². The normalized spacial score (nSPS) is 21.2. The molecule has 2 aliphatic heterocycles. The molecular weight excluding hydrogens is 404 g/mol. The Morgan fingerprint density at radius 2 is 2.13 bits per heavy atom. The highest BCUT2D eigenvalue weighted by molar-refractivity contribution is 7.99. The van der Waals surface area contributed by atoms with Crippen LogP contribution in [-0.2, 0) is 11.3 Å². The molecule has 9 heteroatoms. The molecule has 0 unspecified atom stereocenters. The summed E-state index contributed by atoms with van der Waals surface area (Å²) in [4.78, 5) is 45.8. The first-order valence-corrected chi connectivity index (χ1v) is 11.3. The number of H-pyrrole nitrogens is 1. The van der Waals surface area contributed by atoms with Crippen molar-refractivity contribution < 1.29 is 9.90 Å². The molecule has 2 aliphatic rings. The number of piperidine rings is 1. The molecule has 0 spiro atoms. The second-order valence-corrected chi connectivity index (χ2v) is 9.17. The Hall–Kier alpha value is -2.55. The van der Waals surface area contributed by atoms with E-state index in [1.807, 2.05) is 29.4 Å². The zero-order valence-corrected chi connectivity index (χ0v) is 17.9. The van der Waals surface area contributed by atoms with Crippen LogP contribution in [0.5, 0.6) is 5.88 Å². The van der Waals surface area contributed by atoms with Crippen molar-refractivity contribution in [2.75, 3.05) is 18.8 Å². The Bertz CT molecular complexity index is 1080. The smallest absolute Gasteiger partial charge is 0.258 e. The van der Waals surface area contributed by atoms with Gasteiger partial charge in [0.05, 0.1) is 11.3 Å². The quantitative estimate of drug-likeness (QED) is 0.554. The number of hydrogen-bond acceptors (Lipinski definition) is 6. The lowest BCUT2D eigenvalue weighted by Gasteiger charge is -2.42. The Kier molecular flexibility index (Phi) is 5.73. The average Bonchev–Trinajstić information content (AvgIpc) is 2.72. The summed E-state index contributed by atoms with van der Waals surface area (Å²) in [5.41, 5.74) is 0.945. The third kappa shape index (κ3) is 3.90. The van der Waals surface area contributed by atoms with E-state index >= 15 is 0 Å². The van der Waals surface area contributed by atoms with Gasteiger partial charge in [-0.25, -0.2) is 0 Å². The number of pyridine rings is 1. The van der Waals surface area contributed by atoms with Gasteiger partial charge in [0.25, 0.3) is 11.1 Å². The maximum atomic E-state index is 12.8. The number of rotatable bonds is 5. The number of aromatic amines is 1. The van der Waals surface area contributed by atoms with Gasteiger partial charge in [-0.2, -0.15) is 4.98 Å². The zero-order valence-electron chi connectivity index (χ0n) is 17.1. The van der Waals surface area contributed by atoms with Crippen molar-refractivity contribution in [2.45, 2.75) is 50.2 Å². The largest absolute Gasteiger partial charge is 0.493 e. The molecule has 8 nitrogen and oxygen atoms in total. The second-order valence-electron chi connectivity index (χ2n) is 8.20. The predicted octanol–water partition coefficient (Wildman–Crippen LogP) is 1.89. The predicted molar refractivity (Wildman–Crippen MR) is 114 cm³/mol. The van der Waals surface area contributed by atoms with E-state index in [4.69, 9.17) is 0 Å². The average molecular weight is 431 g/mol. The van der Waals surface area contributed by atoms with E-state index in [1.54, 1.807) is 12.1 Å². The van der Waals surface area contributed by atoms with Gasteiger partial charge in [0.2, 0.25) is 11.8 Å². The number of amides is 1. The maximum absolute atomic E-state index is 12.8. The summed E-state index contributed by atoms with van der Waals surface area (Å²) in [6, 6.07) is 5.34. The van der Waals surface area contributed by atoms with Crippen LogP contribution in [0.1, 0.15) is 49.8 Å². The fourth-order valence-corrected chi connectivity index (χ4v) is 5.25. The minimum absolute atomic E-state index is 0.0215. The monoisotopic (exact) mass is 430 g/mol. The molecule has 2 aromatic heterocycles. The summed E-state index contributed by atoms with van der Waals surface area (Å²) in [6.07, 6.45) is 1.70. The lowest BCUT2D eigenvalue weighted by atomic mass is 9.83. The number of aromatic hydroxyl groups is 1. The molecule has 0 aliphatic carbocycles. The van der Waals surface area contributed by atoms with Gasteiger partial charge in [-0.3, -0.25) is 14.4 Å². The van der Waals surface area contributed by atoms with Gasteiger partial charge >= 0.3 is 0 Å². The Labute approximate surface area is 178 Å². The first-order chi connectivity index (χ1) is 14.4. The molecule has 2 aromatic rings. The molecule has 4 heterocycles. The summed E-state index contributed by atoms with van der Waals surface area (Å²) in [5.74, 6) is 0.169. The molecule has 0 saturated carbocycles. The van der Waals surface area contributed by atoms with Crippen LogP contribution < -0.4 is 11.1 Å². The summed E-state index contributed by atoms with van der Waals surface area (Å²) in [6.45, 7) is 5.65. The molecule has 1 fully saturated rings. The van der Waals surface area contributed by atoms with Crippen LogP contribution in [0.3, 0.4) is 0 Å². The second kappa shape index (κ2) is 8.29. The van der Waals surface area contributed by atoms with Crippen LogP contribution in [0.4, 0.5) is 0 Å². The minimum Gasteiger partial charge on any atom is -0.493 e. The lowest BCUT2D eigenvalue weighted by molar-refractivity contribution is -0.131. The van der Waals surface area contributed by atoms with Gasteiger partial charge in [-0.15, -0.1) is 0 Å². The number of fused-ring (bicyclic) bond motifs is 4. The van der Waals surface area contributed by atoms with Crippen LogP contribution >= 0.6 is 11.8 Å². The number of aromatic nitrogens is 3. The SMILES string of the molecule is CC[C@@H](C)c1c(O)nc(SCC(=O)N2C[C@H]3C[C@@H](C2)c2cccc(=O)n2C3)[nH]c1=O. The number of hydrogen-bond donors (Lipinski definition) is 2. The van der Waals surface area contributed by atoms with E-state index in [-0.39, 0.29) is 57.1 Å². The van der Waals surface area contributed by atoms with Crippen LogP contribution in [0.15, 0.2) is 32.9 Å². The number of carbonyl (C=O) groups excluding carboxylic acids is 1. The number of carbonyl (C=O) groups is 1. The fourth-order valence-electron chi connectivity index (χ4n) is 4.49. The molecule has 4 rings (SSSR count). The number of nitrogens with one attached hydrogen (secondary N) is 1. The zero-order chi connectivity index (χ0) is 21.4. The molecule has 0 aromatic carbocycles. The van der Waals surface area contributed by atoms with E-state index in [2.05, 4.69) is 9.97 Å². The highest BCUT2D eigenvalue weighted by Gasteiger charge is 2.36. The Morgan fingerprint density at radius 1 is 1.33 bits per heavy atom. The minimum atomic E-state index is -0.360. The van der Waals surface area contributed by atoms with E-state index in [0.29, 0.717) is 19.6 Å². The summed E-state index contributed by atoms with van der Waals surface area (Å²) < 4.78 is 1.84. The van der Waals surface area contributed by atoms with Gasteiger partial charge in [-0.1, -0.05) is 31.7 Å². The van der Waals surface area contributed by atoms with Gasteiger partial charge in [0.1, 0.15) is 0 Å². The number of nitrogens with zero attached hydrogens (tertiary/aromatic N) is 3. The summed E-state index contributed by atoms with van der Waals surface area (Å²) >= 11 is 1.12. The number of thioether (sulfide) groups is 1. The maximum Gasteiger partial charge on any atom is 0.258 e.